The molecule has 0 bridgehead atoms. The minimum atomic E-state index is -4.42. The summed E-state index contributed by atoms with van der Waals surface area (Å²) in [7, 11) is 1.98. The van der Waals surface area contributed by atoms with Crippen molar-refractivity contribution in [3.63, 3.8) is 0 Å². The van der Waals surface area contributed by atoms with Gasteiger partial charge < -0.3 is 15.5 Å². The Hall–Kier alpha value is -3.63. The van der Waals surface area contributed by atoms with Crippen molar-refractivity contribution < 1.29 is 18.0 Å². The molecule has 1 amide bonds. The summed E-state index contributed by atoms with van der Waals surface area (Å²) in [5.74, 6) is 2.38. The highest BCUT2D eigenvalue weighted by Crippen LogP contribution is 2.39. The third-order valence-electron chi connectivity index (χ3n) is 7.26. The molecule has 0 aliphatic heterocycles. The molecule has 8 nitrogen and oxygen atoms in total. The van der Waals surface area contributed by atoms with Crippen molar-refractivity contribution in [2.24, 2.45) is 0 Å². The number of hydrogen-bond donors (Lipinski definition) is 3. The molecule has 2 aliphatic carbocycles. The van der Waals surface area contributed by atoms with Crippen molar-refractivity contribution in [1.29, 1.82) is 0 Å². The number of carbonyl (C=O) groups is 1. The Morgan fingerprint density at radius 2 is 1.82 bits per heavy atom. The lowest BCUT2D eigenvalue weighted by atomic mass is 9.90. The Labute approximate surface area is 219 Å². The summed E-state index contributed by atoms with van der Waals surface area (Å²) in [6.45, 7) is 1.93. The van der Waals surface area contributed by atoms with Crippen LogP contribution in [0.3, 0.4) is 0 Å². The predicted molar refractivity (Wildman–Crippen MR) is 138 cm³/mol. The molecular weight excluding hydrogens is 495 g/mol. The van der Waals surface area contributed by atoms with Crippen LogP contribution in [-0.4, -0.2) is 45.2 Å². The summed E-state index contributed by atoms with van der Waals surface area (Å²) in [4.78, 5) is 23.9. The predicted octanol–water partition coefficient (Wildman–Crippen LogP) is 5.25. The largest absolute Gasteiger partial charge is 0.416 e. The van der Waals surface area contributed by atoms with Gasteiger partial charge in [-0.1, -0.05) is 18.2 Å². The molecule has 2 aliphatic rings. The number of aryl methyl sites for hydroxylation is 1. The Morgan fingerprint density at radius 1 is 1.05 bits per heavy atom. The average molecular weight is 528 g/mol. The molecule has 11 heteroatoms. The van der Waals surface area contributed by atoms with Gasteiger partial charge in [-0.15, -0.1) is 0 Å². The van der Waals surface area contributed by atoms with Crippen LogP contribution in [0.15, 0.2) is 36.4 Å². The zero-order valence-electron chi connectivity index (χ0n) is 21.5. The number of halogens is 3. The molecule has 2 fully saturated rings. The number of nitrogens with one attached hydrogen (secondary N) is 3. The third kappa shape index (κ3) is 6.43. The monoisotopic (exact) mass is 527 g/mol. The molecule has 0 atom stereocenters. The summed E-state index contributed by atoms with van der Waals surface area (Å²) in [5, 5.41) is 13.7. The van der Waals surface area contributed by atoms with Crippen LogP contribution in [0, 0.1) is 6.92 Å². The number of anilines is 3. The average Bonchev–Trinajstić information content (AvgIpc) is 3.62. The summed E-state index contributed by atoms with van der Waals surface area (Å²) < 4.78 is 38.9. The van der Waals surface area contributed by atoms with Gasteiger partial charge in [0.15, 0.2) is 5.82 Å². The molecule has 2 saturated carbocycles. The molecule has 0 spiro atoms. The highest BCUT2D eigenvalue weighted by Gasteiger charge is 2.31. The molecule has 3 aromatic rings. The van der Waals surface area contributed by atoms with E-state index in [0.717, 1.165) is 55.0 Å². The topological polar surface area (TPSA) is 98.8 Å². The van der Waals surface area contributed by atoms with Gasteiger partial charge >= 0.3 is 6.18 Å². The lowest BCUT2D eigenvalue weighted by Gasteiger charge is -2.35. The van der Waals surface area contributed by atoms with E-state index in [-0.39, 0.29) is 24.4 Å². The second-order valence-corrected chi connectivity index (χ2v) is 10.4. The van der Waals surface area contributed by atoms with E-state index in [1.165, 1.54) is 18.9 Å². The van der Waals surface area contributed by atoms with Crippen LogP contribution in [0.4, 0.5) is 30.8 Å². The summed E-state index contributed by atoms with van der Waals surface area (Å²) >= 11 is 0. The highest BCUT2D eigenvalue weighted by molar-refractivity contribution is 5.79. The first-order chi connectivity index (χ1) is 18.1. The number of hydrogen-bond acceptors (Lipinski definition) is 6. The molecule has 2 aromatic heterocycles. The van der Waals surface area contributed by atoms with Gasteiger partial charge in [-0.25, -0.2) is 4.98 Å². The van der Waals surface area contributed by atoms with E-state index in [4.69, 9.17) is 4.98 Å². The number of benzene rings is 1. The standard InChI is InChI=1S/C27H32F3N7O/c1-16-12-23(33-24-15-22(35-36-24)18-6-7-18)34-26(31-16)37(2)21-10-8-20(9-11-21)32-25(38)14-17-4-3-5-19(13-17)27(28,29)30/h3-5,12-13,15,18,20-21H,6-11,14H2,1-2H3,(H,32,38)(H2,31,33,34,35,36). The maximum atomic E-state index is 13.0. The van der Waals surface area contributed by atoms with Gasteiger partial charge in [0, 0.05) is 48.6 Å². The number of H-pyrrole nitrogens is 1. The SMILES string of the molecule is Cc1cc(Nc2cc(C3CC3)[nH]n2)nc(N(C)C2CCC(NC(=O)Cc3cccc(C(F)(F)F)c3)CC2)n1. The van der Waals surface area contributed by atoms with Crippen molar-refractivity contribution in [2.75, 3.05) is 17.3 Å². The quantitative estimate of drug-likeness (QED) is 0.370. The van der Waals surface area contributed by atoms with Gasteiger partial charge in [0.05, 0.1) is 12.0 Å². The van der Waals surface area contributed by atoms with Gasteiger partial charge in [-0.3, -0.25) is 9.89 Å². The molecule has 3 N–H and O–H groups in total. The second kappa shape index (κ2) is 10.6. The minimum Gasteiger partial charge on any atom is -0.353 e. The lowest BCUT2D eigenvalue weighted by Crippen LogP contribution is -2.43. The van der Waals surface area contributed by atoms with Crippen LogP contribution in [0.25, 0.3) is 0 Å². The fourth-order valence-corrected chi connectivity index (χ4v) is 5.00. The second-order valence-electron chi connectivity index (χ2n) is 10.4. The lowest BCUT2D eigenvalue weighted by molar-refractivity contribution is -0.137. The third-order valence-corrected chi connectivity index (χ3v) is 7.26. The van der Waals surface area contributed by atoms with Crippen LogP contribution >= 0.6 is 0 Å². The van der Waals surface area contributed by atoms with Gasteiger partial charge in [0.25, 0.3) is 0 Å². The van der Waals surface area contributed by atoms with E-state index in [1.54, 1.807) is 6.07 Å². The van der Waals surface area contributed by atoms with Gasteiger partial charge in [-0.05, 0) is 57.1 Å². The molecule has 1 aromatic carbocycles. The normalized spacial score (nSPS) is 19.7. The smallest absolute Gasteiger partial charge is 0.353 e. The zero-order chi connectivity index (χ0) is 26.9. The molecule has 202 valence electrons. The summed E-state index contributed by atoms with van der Waals surface area (Å²) in [6.07, 6.45) is 1.14. The Kier molecular flexibility index (Phi) is 7.27. The van der Waals surface area contributed by atoms with Crippen molar-refractivity contribution in [2.45, 2.75) is 76.0 Å². The Bertz CT molecular complexity index is 1280. The highest BCUT2D eigenvalue weighted by atomic mass is 19.4. The van der Waals surface area contributed by atoms with E-state index in [9.17, 15) is 18.0 Å². The molecule has 2 heterocycles. The number of aromatic nitrogens is 4. The molecule has 0 unspecified atom stereocenters. The van der Waals surface area contributed by atoms with Crippen molar-refractivity contribution >= 4 is 23.5 Å². The fourth-order valence-electron chi connectivity index (χ4n) is 5.00. The molecule has 5 rings (SSSR count). The minimum absolute atomic E-state index is 0.00562. The summed E-state index contributed by atoms with van der Waals surface area (Å²) in [6, 6.07) is 9.06. The molecule has 0 radical (unpaired) electrons. The van der Waals surface area contributed by atoms with E-state index in [1.807, 2.05) is 26.1 Å². The van der Waals surface area contributed by atoms with Gasteiger partial charge in [-0.2, -0.15) is 23.3 Å². The van der Waals surface area contributed by atoms with E-state index in [0.29, 0.717) is 23.2 Å². The Morgan fingerprint density at radius 3 is 2.53 bits per heavy atom. The molecule has 38 heavy (non-hydrogen) atoms. The number of amides is 1. The first kappa shape index (κ1) is 26.0. The molecule has 0 saturated heterocycles. The number of rotatable bonds is 8. The van der Waals surface area contributed by atoms with E-state index < -0.39 is 11.7 Å². The number of aromatic amines is 1. The first-order valence-electron chi connectivity index (χ1n) is 13.0. The maximum Gasteiger partial charge on any atom is 0.416 e. The van der Waals surface area contributed by atoms with Crippen molar-refractivity contribution in [3.8, 4) is 0 Å². The van der Waals surface area contributed by atoms with Crippen LogP contribution in [0.2, 0.25) is 0 Å². The summed E-state index contributed by atoms with van der Waals surface area (Å²) in [5.41, 5.74) is 1.60. The van der Waals surface area contributed by atoms with Crippen LogP contribution in [-0.2, 0) is 17.4 Å². The number of carbonyl (C=O) groups excluding carboxylic acids is 1. The van der Waals surface area contributed by atoms with Gasteiger partial charge in [0.2, 0.25) is 11.9 Å². The van der Waals surface area contributed by atoms with Crippen LogP contribution in [0.5, 0.6) is 0 Å². The van der Waals surface area contributed by atoms with E-state index >= 15 is 0 Å². The number of alkyl halides is 3. The Balaban J connectivity index is 1.14. The maximum absolute atomic E-state index is 13.0. The molecular formula is C27H32F3N7O. The first-order valence-corrected chi connectivity index (χ1v) is 13.0. The van der Waals surface area contributed by atoms with E-state index in [2.05, 4.69) is 30.7 Å². The van der Waals surface area contributed by atoms with Gasteiger partial charge in [0.1, 0.15) is 5.82 Å². The fraction of sp³-hybridized carbons (Fsp3) is 0.481. The van der Waals surface area contributed by atoms with Crippen molar-refractivity contribution in [3.05, 3.63) is 58.9 Å². The van der Waals surface area contributed by atoms with Crippen LogP contribution in [0.1, 0.15) is 67.0 Å². The number of nitrogens with zero attached hydrogens (tertiary/aromatic N) is 4. The van der Waals surface area contributed by atoms with Crippen LogP contribution < -0.4 is 15.5 Å². The zero-order valence-corrected chi connectivity index (χ0v) is 21.5. The van der Waals surface area contributed by atoms with Crippen molar-refractivity contribution in [1.82, 2.24) is 25.5 Å².